The van der Waals surface area contributed by atoms with Crippen LogP contribution in [0.25, 0.3) is 0 Å². The standard InChI is InChI=1S/C13H12F3N3O4S/c14-13(15,16)24(22,23)9-4-5-11(12(6-9)19(20)21)18-10-3-1-2-8(10)7-17/h4-6,8,10,18H,1-3H2/t8-,10+/m1/s1. The molecule has 0 heterocycles. The third kappa shape index (κ3) is 3.28. The summed E-state index contributed by atoms with van der Waals surface area (Å²) in [5.41, 5.74) is -6.45. The van der Waals surface area contributed by atoms with Crippen LogP contribution in [0.15, 0.2) is 23.1 Å². The molecule has 0 unspecified atom stereocenters. The first-order chi connectivity index (χ1) is 11.1. The van der Waals surface area contributed by atoms with Crippen molar-refractivity contribution < 1.29 is 26.5 Å². The van der Waals surface area contributed by atoms with E-state index in [-0.39, 0.29) is 17.6 Å². The molecule has 1 aliphatic rings. The zero-order valence-electron chi connectivity index (χ0n) is 12.1. The number of nitro benzene ring substituents is 1. The molecule has 0 aliphatic heterocycles. The summed E-state index contributed by atoms with van der Waals surface area (Å²) in [6, 6.07) is 3.64. The fourth-order valence-electron chi connectivity index (χ4n) is 2.57. The van der Waals surface area contributed by atoms with Gasteiger partial charge < -0.3 is 5.32 Å². The van der Waals surface area contributed by atoms with Gasteiger partial charge in [-0.1, -0.05) is 0 Å². The van der Waals surface area contributed by atoms with Gasteiger partial charge in [-0.15, -0.1) is 0 Å². The van der Waals surface area contributed by atoms with Crippen molar-refractivity contribution in [3.8, 4) is 6.07 Å². The molecular weight excluding hydrogens is 351 g/mol. The molecule has 130 valence electrons. The number of nitriles is 1. The molecule has 11 heteroatoms. The van der Waals surface area contributed by atoms with Gasteiger partial charge in [-0.3, -0.25) is 10.1 Å². The van der Waals surface area contributed by atoms with Crippen molar-refractivity contribution in [2.24, 2.45) is 5.92 Å². The summed E-state index contributed by atoms with van der Waals surface area (Å²) < 4.78 is 60.4. The van der Waals surface area contributed by atoms with E-state index >= 15 is 0 Å². The fourth-order valence-corrected chi connectivity index (χ4v) is 3.35. The minimum absolute atomic E-state index is 0.117. The largest absolute Gasteiger partial charge is 0.501 e. The Bertz CT molecular complexity index is 802. The molecule has 1 saturated carbocycles. The summed E-state index contributed by atoms with van der Waals surface area (Å²) >= 11 is 0. The zero-order chi connectivity index (χ0) is 18.1. The van der Waals surface area contributed by atoms with Crippen molar-refractivity contribution >= 4 is 21.2 Å². The second kappa shape index (κ2) is 6.27. The zero-order valence-corrected chi connectivity index (χ0v) is 12.9. The SMILES string of the molecule is N#C[C@H]1CCC[C@@H]1Nc1ccc(S(=O)(=O)C(F)(F)F)cc1[N+](=O)[O-]. The Morgan fingerprint density at radius 2 is 2.00 bits per heavy atom. The predicted octanol–water partition coefficient (Wildman–Crippen LogP) is 2.99. The Morgan fingerprint density at radius 3 is 2.54 bits per heavy atom. The number of benzene rings is 1. The summed E-state index contributed by atoms with van der Waals surface area (Å²) in [7, 11) is -5.68. The van der Waals surface area contributed by atoms with E-state index in [0.717, 1.165) is 12.5 Å². The smallest absolute Gasteiger partial charge is 0.375 e. The highest BCUT2D eigenvalue weighted by Crippen LogP contribution is 2.36. The molecule has 1 fully saturated rings. The first kappa shape index (κ1) is 18.0. The van der Waals surface area contributed by atoms with E-state index in [9.17, 15) is 31.7 Å². The maximum absolute atomic E-state index is 12.6. The number of nitrogens with zero attached hydrogens (tertiary/aromatic N) is 2. The number of hydrogen-bond acceptors (Lipinski definition) is 6. The molecule has 0 bridgehead atoms. The lowest BCUT2D eigenvalue weighted by Gasteiger charge is -2.17. The van der Waals surface area contributed by atoms with E-state index in [2.05, 4.69) is 11.4 Å². The van der Waals surface area contributed by atoms with Crippen molar-refractivity contribution in [1.82, 2.24) is 0 Å². The first-order valence-corrected chi connectivity index (χ1v) is 8.32. The monoisotopic (exact) mass is 363 g/mol. The van der Waals surface area contributed by atoms with Gasteiger partial charge in [0.1, 0.15) is 5.69 Å². The fraction of sp³-hybridized carbons (Fsp3) is 0.462. The molecule has 2 atom stereocenters. The van der Waals surface area contributed by atoms with Gasteiger partial charge in [0.2, 0.25) is 0 Å². The van der Waals surface area contributed by atoms with E-state index in [1.165, 1.54) is 0 Å². The van der Waals surface area contributed by atoms with Gasteiger partial charge in [-0.25, -0.2) is 8.42 Å². The van der Waals surface area contributed by atoms with E-state index in [1.807, 2.05) is 0 Å². The average Bonchev–Trinajstić information content (AvgIpc) is 2.93. The first-order valence-electron chi connectivity index (χ1n) is 6.84. The summed E-state index contributed by atoms with van der Waals surface area (Å²) in [5, 5.41) is 22.9. The van der Waals surface area contributed by atoms with Gasteiger partial charge in [0, 0.05) is 12.1 Å². The number of nitro groups is 1. The summed E-state index contributed by atoms with van der Waals surface area (Å²) in [6.45, 7) is 0. The Hall–Kier alpha value is -2.35. The van der Waals surface area contributed by atoms with E-state index in [0.29, 0.717) is 25.0 Å². The van der Waals surface area contributed by atoms with Crippen LogP contribution in [-0.4, -0.2) is 24.9 Å². The van der Waals surface area contributed by atoms with Crippen LogP contribution in [0.1, 0.15) is 19.3 Å². The third-order valence-corrected chi connectivity index (χ3v) is 5.29. The minimum atomic E-state index is -5.68. The van der Waals surface area contributed by atoms with Crippen molar-refractivity contribution in [3.05, 3.63) is 28.3 Å². The summed E-state index contributed by atoms with van der Waals surface area (Å²) in [5.74, 6) is -0.372. The highest BCUT2D eigenvalue weighted by molar-refractivity contribution is 7.92. The number of halogens is 3. The molecular formula is C13H12F3N3O4S. The lowest BCUT2D eigenvalue weighted by atomic mass is 10.1. The van der Waals surface area contributed by atoms with Crippen LogP contribution in [0, 0.1) is 27.4 Å². The molecule has 24 heavy (non-hydrogen) atoms. The van der Waals surface area contributed by atoms with Crippen LogP contribution in [0.4, 0.5) is 24.5 Å². The van der Waals surface area contributed by atoms with E-state index in [1.54, 1.807) is 0 Å². The Balaban J connectivity index is 2.42. The molecule has 0 amide bonds. The molecule has 7 nitrogen and oxygen atoms in total. The maximum Gasteiger partial charge on any atom is 0.501 e. The third-order valence-electron chi connectivity index (χ3n) is 3.80. The molecule has 1 aromatic rings. The molecule has 0 aromatic heterocycles. The second-order valence-corrected chi connectivity index (χ2v) is 7.24. The average molecular weight is 363 g/mol. The lowest BCUT2D eigenvalue weighted by molar-refractivity contribution is -0.384. The van der Waals surface area contributed by atoms with Crippen LogP contribution in [-0.2, 0) is 9.84 Å². The van der Waals surface area contributed by atoms with Crippen LogP contribution >= 0.6 is 0 Å². The lowest BCUT2D eigenvalue weighted by Crippen LogP contribution is -2.25. The highest BCUT2D eigenvalue weighted by atomic mass is 32.2. The Morgan fingerprint density at radius 1 is 1.33 bits per heavy atom. The van der Waals surface area contributed by atoms with E-state index in [4.69, 9.17) is 5.26 Å². The molecule has 2 rings (SSSR count). The number of anilines is 1. The van der Waals surface area contributed by atoms with Gasteiger partial charge in [0.05, 0.1) is 21.8 Å². The maximum atomic E-state index is 12.6. The normalized spacial score (nSPS) is 21.2. The molecule has 1 N–H and O–H groups in total. The number of rotatable bonds is 4. The predicted molar refractivity (Wildman–Crippen MR) is 76.7 cm³/mol. The van der Waals surface area contributed by atoms with Crippen LogP contribution in [0.2, 0.25) is 0 Å². The molecule has 0 saturated heterocycles. The van der Waals surface area contributed by atoms with Crippen LogP contribution in [0.5, 0.6) is 0 Å². The van der Waals surface area contributed by atoms with Gasteiger partial charge in [0.15, 0.2) is 0 Å². The topological polar surface area (TPSA) is 113 Å². The summed E-state index contributed by atoms with van der Waals surface area (Å²) in [4.78, 5) is 8.94. The molecule has 0 spiro atoms. The van der Waals surface area contributed by atoms with Crippen molar-refractivity contribution in [3.63, 3.8) is 0 Å². The van der Waals surface area contributed by atoms with Crippen LogP contribution in [0.3, 0.4) is 0 Å². The van der Waals surface area contributed by atoms with Gasteiger partial charge >= 0.3 is 5.51 Å². The Labute approximate surface area is 135 Å². The Kier molecular flexibility index (Phi) is 4.70. The molecule has 1 aliphatic carbocycles. The number of hydrogen-bond donors (Lipinski definition) is 1. The second-order valence-electron chi connectivity index (χ2n) is 5.30. The van der Waals surface area contributed by atoms with Gasteiger partial charge in [-0.2, -0.15) is 18.4 Å². The van der Waals surface area contributed by atoms with Crippen molar-refractivity contribution in [2.45, 2.75) is 35.7 Å². The number of sulfone groups is 1. The molecule has 0 radical (unpaired) electrons. The highest BCUT2D eigenvalue weighted by Gasteiger charge is 2.47. The van der Waals surface area contributed by atoms with Gasteiger partial charge in [0.25, 0.3) is 15.5 Å². The number of alkyl halides is 3. The quantitative estimate of drug-likeness (QED) is 0.650. The van der Waals surface area contributed by atoms with Crippen LogP contribution < -0.4 is 5.32 Å². The van der Waals surface area contributed by atoms with Crippen molar-refractivity contribution in [2.75, 3.05) is 5.32 Å². The van der Waals surface area contributed by atoms with Gasteiger partial charge in [-0.05, 0) is 31.4 Å². The van der Waals surface area contributed by atoms with E-state index < -0.39 is 30.9 Å². The molecule has 1 aromatic carbocycles. The number of nitrogens with one attached hydrogen (secondary N) is 1. The minimum Gasteiger partial charge on any atom is -0.375 e. The van der Waals surface area contributed by atoms with Crippen molar-refractivity contribution in [1.29, 1.82) is 5.26 Å². The summed E-state index contributed by atoms with van der Waals surface area (Å²) in [6.07, 6.45) is 1.94.